The van der Waals surface area contributed by atoms with Crippen LogP contribution in [0.3, 0.4) is 0 Å². The summed E-state index contributed by atoms with van der Waals surface area (Å²) in [6, 6.07) is 17.8. The predicted molar refractivity (Wildman–Crippen MR) is 157 cm³/mol. The maximum atomic E-state index is 13.5. The van der Waals surface area contributed by atoms with Crippen molar-refractivity contribution in [2.45, 2.75) is 39.0 Å². The van der Waals surface area contributed by atoms with Crippen LogP contribution in [-0.4, -0.2) is 52.9 Å². The molecule has 0 N–H and O–H groups in total. The van der Waals surface area contributed by atoms with Gasteiger partial charge in [0.15, 0.2) is 5.82 Å². The van der Waals surface area contributed by atoms with Gasteiger partial charge in [-0.1, -0.05) is 12.1 Å². The van der Waals surface area contributed by atoms with Crippen LogP contribution in [-0.2, 0) is 11.3 Å². The van der Waals surface area contributed by atoms with E-state index in [1.54, 1.807) is 32.6 Å². The van der Waals surface area contributed by atoms with Gasteiger partial charge < -0.3 is 14.2 Å². The smallest absolute Gasteiger partial charge is 0.410 e. The van der Waals surface area contributed by atoms with Crippen LogP contribution in [0.2, 0.25) is 0 Å². The summed E-state index contributed by atoms with van der Waals surface area (Å²) >= 11 is 0. The predicted octanol–water partition coefficient (Wildman–Crippen LogP) is 4.99. The van der Waals surface area contributed by atoms with Gasteiger partial charge in [-0.25, -0.2) is 14.6 Å². The molecular formula is C32H29N7O3. The molecule has 42 heavy (non-hydrogen) atoms. The fraction of sp³-hybridized carbons (Fsp3) is 0.250. The second-order valence-corrected chi connectivity index (χ2v) is 11.8. The van der Waals surface area contributed by atoms with E-state index in [-0.39, 0.29) is 17.8 Å². The zero-order chi connectivity index (χ0) is 29.2. The van der Waals surface area contributed by atoms with E-state index in [9.17, 15) is 9.59 Å². The molecule has 2 aliphatic rings. The number of hydrogen-bond acceptors (Lipinski definition) is 5. The van der Waals surface area contributed by atoms with Crippen LogP contribution in [0.1, 0.15) is 37.9 Å². The number of nitrogens with zero attached hydrogens (tertiary/aromatic N) is 7. The maximum absolute atomic E-state index is 13.5. The van der Waals surface area contributed by atoms with Crippen LogP contribution in [0.5, 0.6) is 0 Å². The number of imidazole rings is 2. The van der Waals surface area contributed by atoms with Crippen LogP contribution in [0.15, 0.2) is 84.3 Å². The van der Waals surface area contributed by atoms with Gasteiger partial charge in [-0.05, 0) is 68.3 Å². The van der Waals surface area contributed by atoms with Crippen molar-refractivity contribution < 1.29 is 9.53 Å². The minimum atomic E-state index is -0.558. The first kappa shape index (κ1) is 25.7. The Morgan fingerprint density at radius 1 is 1.00 bits per heavy atom. The molecule has 210 valence electrons. The molecule has 0 unspecified atom stereocenters. The molecule has 1 amide bonds. The lowest BCUT2D eigenvalue weighted by atomic mass is 10.1. The number of aromatic nitrogens is 5. The van der Waals surface area contributed by atoms with Crippen LogP contribution < -0.4 is 5.69 Å². The van der Waals surface area contributed by atoms with Gasteiger partial charge in [0.05, 0.1) is 34.7 Å². The SMILES string of the molecule is CC(C)(C)OC(=O)N1CC(n2ccn(-c3ccc4c(c3)Cn3cc(-c5ccc(C#N)cc5)cc3-c3nccn3-4)c2=O)C1. The number of benzene rings is 2. The van der Waals surface area contributed by atoms with Gasteiger partial charge in [0.25, 0.3) is 0 Å². The summed E-state index contributed by atoms with van der Waals surface area (Å²) in [7, 11) is 0. The van der Waals surface area contributed by atoms with E-state index in [1.807, 2.05) is 63.4 Å². The summed E-state index contributed by atoms with van der Waals surface area (Å²) in [6.07, 6.45) is 9.06. The van der Waals surface area contributed by atoms with Gasteiger partial charge in [0.2, 0.25) is 0 Å². The number of nitriles is 1. The Morgan fingerprint density at radius 2 is 1.79 bits per heavy atom. The third-order valence-corrected chi connectivity index (χ3v) is 7.77. The number of carbonyl (C=O) groups is 1. The monoisotopic (exact) mass is 559 g/mol. The first-order chi connectivity index (χ1) is 20.2. The Hall–Kier alpha value is -5.30. The average molecular weight is 560 g/mol. The molecule has 5 heterocycles. The minimum absolute atomic E-state index is 0.0938. The standard InChI is InChI=1S/C32H29N7O3/c1-32(2,3)42-31(41)36-19-26(20-36)38-13-12-37(30(38)40)25-8-9-27-24(14-25)18-35-17-23(22-6-4-21(16-33)5-7-22)15-28(35)29-34-10-11-39(27)29/h4-15,17,26H,18-20H2,1-3H3. The van der Waals surface area contributed by atoms with E-state index < -0.39 is 5.60 Å². The zero-order valence-corrected chi connectivity index (χ0v) is 23.6. The van der Waals surface area contributed by atoms with Crippen molar-refractivity contribution in [1.29, 1.82) is 5.26 Å². The van der Waals surface area contributed by atoms with Crippen molar-refractivity contribution in [2.24, 2.45) is 0 Å². The molecule has 0 spiro atoms. The summed E-state index contributed by atoms with van der Waals surface area (Å²) in [5.74, 6) is 0.837. The van der Waals surface area contributed by atoms with Gasteiger partial charge in [-0.3, -0.25) is 13.7 Å². The van der Waals surface area contributed by atoms with Crippen LogP contribution in [0, 0.1) is 11.3 Å². The van der Waals surface area contributed by atoms with Crippen molar-refractivity contribution in [3.05, 3.63) is 101 Å². The van der Waals surface area contributed by atoms with E-state index >= 15 is 0 Å². The number of likely N-dealkylation sites (tertiary alicyclic amines) is 1. The first-order valence-electron chi connectivity index (χ1n) is 13.8. The molecule has 0 aliphatic carbocycles. The maximum Gasteiger partial charge on any atom is 0.410 e. The number of rotatable bonds is 3. The highest BCUT2D eigenvalue weighted by Crippen LogP contribution is 2.34. The third kappa shape index (κ3) is 4.30. The number of hydrogen-bond donors (Lipinski definition) is 0. The van der Waals surface area contributed by atoms with Crippen molar-refractivity contribution >= 4 is 6.09 Å². The molecule has 0 atom stereocenters. The van der Waals surface area contributed by atoms with Crippen LogP contribution >= 0.6 is 0 Å². The van der Waals surface area contributed by atoms with E-state index in [0.29, 0.717) is 25.2 Å². The molecule has 0 bridgehead atoms. The van der Waals surface area contributed by atoms with Crippen molar-refractivity contribution in [3.8, 4) is 40.1 Å². The van der Waals surface area contributed by atoms with Crippen LogP contribution in [0.4, 0.5) is 4.79 Å². The third-order valence-electron chi connectivity index (χ3n) is 7.77. The highest BCUT2D eigenvalue weighted by molar-refractivity contribution is 5.72. The Labute approximate surface area is 242 Å². The lowest BCUT2D eigenvalue weighted by Crippen LogP contribution is -2.53. The zero-order valence-electron chi connectivity index (χ0n) is 23.6. The van der Waals surface area contributed by atoms with Gasteiger partial charge in [0.1, 0.15) is 5.60 Å². The lowest BCUT2D eigenvalue weighted by Gasteiger charge is -2.39. The summed E-state index contributed by atoms with van der Waals surface area (Å²) in [5, 5.41) is 9.16. The normalized spacial score (nSPS) is 14.3. The van der Waals surface area contributed by atoms with Crippen molar-refractivity contribution in [1.82, 2.24) is 28.2 Å². The Bertz CT molecular complexity index is 1940. The molecule has 1 saturated heterocycles. The lowest BCUT2D eigenvalue weighted by molar-refractivity contribution is 0.000654. The fourth-order valence-electron chi connectivity index (χ4n) is 5.65. The largest absolute Gasteiger partial charge is 0.444 e. The number of carbonyl (C=O) groups excluding carboxylic acids is 1. The van der Waals surface area contributed by atoms with E-state index in [2.05, 4.69) is 38.5 Å². The second kappa shape index (κ2) is 9.38. The molecule has 3 aromatic heterocycles. The van der Waals surface area contributed by atoms with Crippen molar-refractivity contribution in [2.75, 3.05) is 13.1 Å². The highest BCUT2D eigenvalue weighted by atomic mass is 16.6. The molecule has 2 aromatic carbocycles. The van der Waals surface area contributed by atoms with Crippen molar-refractivity contribution in [3.63, 3.8) is 0 Å². The number of ether oxygens (including phenoxy) is 1. The van der Waals surface area contributed by atoms with E-state index in [0.717, 1.165) is 39.6 Å². The Morgan fingerprint density at radius 3 is 2.52 bits per heavy atom. The van der Waals surface area contributed by atoms with Gasteiger partial charge >= 0.3 is 11.8 Å². The summed E-state index contributed by atoms with van der Waals surface area (Å²) < 4.78 is 13.0. The molecule has 1 fully saturated rings. The van der Waals surface area contributed by atoms with Crippen LogP contribution in [0.25, 0.3) is 34.0 Å². The average Bonchev–Trinajstić information content (AvgIpc) is 3.65. The van der Waals surface area contributed by atoms with E-state index in [4.69, 9.17) is 10.00 Å². The number of amides is 1. The minimum Gasteiger partial charge on any atom is -0.444 e. The van der Waals surface area contributed by atoms with E-state index in [1.165, 1.54) is 0 Å². The Balaban J connectivity index is 1.18. The van der Waals surface area contributed by atoms with Gasteiger partial charge in [-0.2, -0.15) is 5.26 Å². The summed E-state index contributed by atoms with van der Waals surface area (Å²) in [4.78, 5) is 32.1. The molecule has 2 aliphatic heterocycles. The summed E-state index contributed by atoms with van der Waals surface area (Å²) in [5.41, 5.74) is 5.79. The summed E-state index contributed by atoms with van der Waals surface area (Å²) in [6.45, 7) is 6.99. The second-order valence-electron chi connectivity index (χ2n) is 11.8. The molecule has 0 saturated carbocycles. The van der Waals surface area contributed by atoms with Gasteiger partial charge in [0, 0.05) is 56.2 Å². The first-order valence-corrected chi connectivity index (χ1v) is 13.8. The fourth-order valence-corrected chi connectivity index (χ4v) is 5.65. The molecule has 10 nitrogen and oxygen atoms in total. The quantitative estimate of drug-likeness (QED) is 0.304. The molecule has 10 heteroatoms. The molecule has 5 aromatic rings. The highest BCUT2D eigenvalue weighted by Gasteiger charge is 2.35. The molecular weight excluding hydrogens is 530 g/mol. The molecule has 7 rings (SSSR count). The topological polar surface area (TPSA) is 103 Å². The molecule has 0 radical (unpaired) electrons. The number of fused-ring (bicyclic) bond motifs is 5. The van der Waals surface area contributed by atoms with Gasteiger partial charge in [-0.15, -0.1) is 0 Å². The Kier molecular flexibility index (Phi) is 5.73.